The maximum absolute atomic E-state index is 14.4. The first-order chi connectivity index (χ1) is 70.5. The van der Waals surface area contributed by atoms with Crippen LogP contribution in [0.1, 0.15) is 224 Å². The fourth-order valence-corrected chi connectivity index (χ4v) is 25.2. The molecule has 6 atom stereocenters. The van der Waals surface area contributed by atoms with Crippen molar-refractivity contribution < 1.29 is 79.4 Å². The molecule has 39 heteroatoms. The number of carboxylic acid groups (broad SMARTS) is 2. The number of sulfonamides is 2. The van der Waals surface area contributed by atoms with Crippen molar-refractivity contribution in [3.05, 3.63) is 278 Å². The molecule has 0 aliphatic carbocycles. The number of thiophene rings is 2. The summed E-state index contributed by atoms with van der Waals surface area (Å²) in [7, 11) is -1.40. The van der Waals surface area contributed by atoms with E-state index in [1.54, 1.807) is 90.7 Å². The van der Waals surface area contributed by atoms with Crippen LogP contribution in [0, 0.1) is 62.3 Å². The van der Waals surface area contributed by atoms with E-state index in [-0.39, 0.29) is 80.8 Å². The number of aliphatic imine (C=N–C) groups is 2. The molecule has 0 spiro atoms. The summed E-state index contributed by atoms with van der Waals surface area (Å²) in [4.78, 5) is 64.4. The first kappa shape index (κ1) is 108. The number of hydrogen-bond donors (Lipinski definition) is 3. The van der Waals surface area contributed by atoms with Crippen LogP contribution in [0.4, 0.5) is 0 Å². The number of ketones is 1. The van der Waals surface area contributed by atoms with Crippen molar-refractivity contribution in [2.45, 2.75) is 207 Å². The molecule has 14 aromatic rings. The highest BCUT2D eigenvalue weighted by Gasteiger charge is 2.40. The highest BCUT2D eigenvalue weighted by molar-refractivity contribution is 7.89. The number of Topliss-reactive ketones (excluding diaryl/α,β-unsaturated/α-hetero) is 1. The zero-order valence-electron chi connectivity index (χ0n) is 84.9. The highest BCUT2D eigenvalue weighted by Crippen LogP contribution is 2.46. The molecule has 778 valence electrons. The fourth-order valence-electron chi connectivity index (χ4n) is 19.4. The Hall–Kier alpha value is -13.2. The van der Waals surface area contributed by atoms with E-state index in [9.17, 15) is 46.2 Å². The molecule has 4 aliphatic rings. The van der Waals surface area contributed by atoms with Gasteiger partial charge in [-0.25, -0.2) is 26.2 Å². The van der Waals surface area contributed by atoms with Gasteiger partial charge in [0.2, 0.25) is 26.0 Å². The van der Waals surface area contributed by atoms with Gasteiger partial charge in [-0.05, 0) is 236 Å². The number of fused-ring (bicyclic) bond motifs is 10. The van der Waals surface area contributed by atoms with E-state index < -0.39 is 68.1 Å². The molecule has 0 unspecified atom stereocenters. The quantitative estimate of drug-likeness (QED) is 0.0303. The lowest BCUT2D eigenvalue weighted by Gasteiger charge is -2.24. The van der Waals surface area contributed by atoms with E-state index in [4.69, 9.17) is 54.7 Å². The SMILES string of the molecule is C.COc1cc([C@@H](CC(=O)O)c2ccc(C)c(CN3C[C@@H](C)Oc4cc(CCCOCCNC(=O)C[C@@H]5N=C(c6ccc(Cl)cc6)c6c(sc(C)c6C)-n6c(C)nnc65)ccc4S3(=O)=O)c2)cc2nnn(C)c12.COc1cc([C@@H](CC(=O)O)c2ccc(C)c(CN3C[C@@H](C)Oc4cc(CCCOCCOCCCC(=O)C[C@@H]5N=C(c6ccc(C)cc6)c6c(sc(C)c6C)-n6c(C)nnc65)ccc4S3(=O)=O)c2)cc2nnn(C)c12. The summed E-state index contributed by atoms with van der Waals surface area (Å²) in [5.41, 5.74) is 19.5. The fraction of sp³-hybridized carbons (Fsp3) is 0.394. The lowest BCUT2D eigenvalue weighted by atomic mass is 9.86. The first-order valence-corrected chi connectivity index (χ1v) is 53.9. The van der Waals surface area contributed by atoms with Crippen LogP contribution in [0.2, 0.25) is 5.02 Å². The third-order valence-corrected chi connectivity index (χ3v) is 33.7. The number of hydrogen-bond acceptors (Lipinski definition) is 27. The second-order valence-electron chi connectivity index (χ2n) is 37.9. The molecule has 6 aromatic heterocycles. The first-order valence-electron chi connectivity index (χ1n) is 49.0. The number of nitrogens with zero attached hydrogens (tertiary/aromatic N) is 16. The predicted molar refractivity (Wildman–Crippen MR) is 568 cm³/mol. The van der Waals surface area contributed by atoms with E-state index in [0.717, 1.165) is 110 Å². The van der Waals surface area contributed by atoms with Gasteiger partial charge in [0.15, 0.2) is 11.6 Å². The molecule has 0 saturated carbocycles. The topological polar surface area (TPSA) is 408 Å². The number of carbonyl (C=O) groups excluding carboxylic acids is 2. The molecule has 0 bridgehead atoms. The summed E-state index contributed by atoms with van der Waals surface area (Å²) >= 11 is 9.61. The summed E-state index contributed by atoms with van der Waals surface area (Å²) in [6.45, 7) is 24.9. The minimum absolute atomic E-state index is 0. The average Bonchev–Trinajstić information content (AvgIpc) is 1.62. The van der Waals surface area contributed by atoms with Gasteiger partial charge in [0, 0.05) is 115 Å². The minimum Gasteiger partial charge on any atom is -0.494 e. The number of aryl methyl sites for hydroxylation is 11. The van der Waals surface area contributed by atoms with Gasteiger partial charge >= 0.3 is 11.9 Å². The second kappa shape index (κ2) is 46.3. The highest BCUT2D eigenvalue weighted by atomic mass is 35.5. The summed E-state index contributed by atoms with van der Waals surface area (Å²) in [6, 6.07) is 43.9. The molecule has 0 radical (unpaired) electrons. The molecular formula is C109H124ClN17O17S4. The zero-order chi connectivity index (χ0) is 104. The van der Waals surface area contributed by atoms with Crippen molar-refractivity contribution in [3.63, 3.8) is 0 Å². The number of carboxylic acids is 2. The van der Waals surface area contributed by atoms with Crippen LogP contribution in [-0.4, -0.2) is 216 Å². The number of benzene rings is 8. The molecule has 0 fully saturated rings. The molecule has 148 heavy (non-hydrogen) atoms. The predicted octanol–water partition coefficient (Wildman–Crippen LogP) is 17.8. The molecule has 1 amide bonds. The Morgan fingerprint density at radius 2 is 0.939 bits per heavy atom. The van der Waals surface area contributed by atoms with E-state index in [0.29, 0.717) is 163 Å². The lowest BCUT2D eigenvalue weighted by molar-refractivity contribution is -0.138. The molecule has 4 aliphatic heterocycles. The normalized spacial score (nSPS) is 16.5. The molecule has 34 nitrogen and oxygen atoms in total. The van der Waals surface area contributed by atoms with Gasteiger partial charge < -0.3 is 48.7 Å². The van der Waals surface area contributed by atoms with Crippen molar-refractivity contribution in [2.75, 3.05) is 73.5 Å². The third kappa shape index (κ3) is 23.4. The van der Waals surface area contributed by atoms with Crippen LogP contribution in [0.3, 0.4) is 0 Å². The third-order valence-electron chi connectivity index (χ3n) is 27.4. The van der Waals surface area contributed by atoms with Gasteiger partial charge in [0.25, 0.3) is 0 Å². The average molecular weight is 2110 g/mol. The van der Waals surface area contributed by atoms with Crippen molar-refractivity contribution in [3.8, 4) is 33.0 Å². The molecule has 10 heterocycles. The van der Waals surface area contributed by atoms with Crippen LogP contribution in [0.15, 0.2) is 165 Å². The van der Waals surface area contributed by atoms with Gasteiger partial charge in [0.1, 0.15) is 107 Å². The minimum atomic E-state index is -4.01. The van der Waals surface area contributed by atoms with Crippen molar-refractivity contribution >= 4 is 111 Å². The number of carbonyl (C=O) groups is 4. The summed E-state index contributed by atoms with van der Waals surface area (Å²) in [6.07, 6.45) is 2.50. The number of aliphatic carboxylic acids is 2. The van der Waals surface area contributed by atoms with Crippen LogP contribution in [0.5, 0.6) is 23.0 Å². The summed E-state index contributed by atoms with van der Waals surface area (Å²) in [5, 5.41) is 60.3. The number of rotatable bonds is 38. The number of aromatic nitrogens is 12. The summed E-state index contributed by atoms with van der Waals surface area (Å²) < 4.78 is 109. The molecule has 0 saturated heterocycles. The second-order valence-corrected chi connectivity index (χ2v) is 44.6. The zero-order valence-corrected chi connectivity index (χ0v) is 88.9. The molecular weight excluding hydrogens is 1980 g/mol. The van der Waals surface area contributed by atoms with E-state index in [1.165, 1.54) is 19.1 Å². The van der Waals surface area contributed by atoms with E-state index in [1.807, 2.05) is 137 Å². The van der Waals surface area contributed by atoms with Gasteiger partial charge in [-0.3, -0.25) is 38.3 Å². The lowest BCUT2D eigenvalue weighted by Crippen LogP contribution is -2.35. The van der Waals surface area contributed by atoms with E-state index in [2.05, 4.69) is 110 Å². The van der Waals surface area contributed by atoms with Crippen molar-refractivity contribution in [1.29, 1.82) is 0 Å². The van der Waals surface area contributed by atoms with Gasteiger partial charge in [0.05, 0.1) is 77.8 Å². The number of halogens is 1. The Labute approximate surface area is 874 Å². The number of amides is 1. The molecule has 18 rings (SSSR count). The van der Waals surface area contributed by atoms with Crippen LogP contribution < -0.4 is 24.3 Å². The van der Waals surface area contributed by atoms with Gasteiger partial charge in [-0.15, -0.1) is 53.3 Å². The Morgan fingerprint density at radius 1 is 0.507 bits per heavy atom. The number of methoxy groups -OCH3 is 2. The van der Waals surface area contributed by atoms with Crippen LogP contribution >= 0.6 is 34.3 Å². The van der Waals surface area contributed by atoms with Crippen molar-refractivity contribution in [2.24, 2.45) is 24.1 Å². The Balaban J connectivity index is 0.000000210. The van der Waals surface area contributed by atoms with E-state index >= 15 is 0 Å². The molecule has 8 aromatic carbocycles. The standard InChI is InChI=1S/C56H64N8O9S2.C52H56ClN9O8S2.CH4/c1-33-13-17-40(18-14-33)53-52-36(4)37(5)74-56(52)64-38(6)58-60-55(64)47(57-53)29-44(65)12-10-22-72-24-23-71-21-9-11-39-16-20-50-48(25-39)73-35(3)31-63(75(50,68)69)32-43-26-41(19-15-34(43)2)45(30-51(66)67)42-27-46-54(49(28-42)70-8)62(7)61-59-46;1-29-10-12-36(40(25-47(64)65)37-23-41-50(44(24-37)68-7)60(6)59-57-41)22-38(29)28-61-27-30(2)70-43-21-34(11-17-45(43)72(61,66)67)9-8-19-69-20-18-54-46(63)26-42-51-58-56-33(5)62(51)52-48(31(3)32(4)71-52)49(55-42)35-13-15-39(53)16-14-35;/h13-20,25-28,35,45,47H,9-12,21-24,29-32H2,1-8H3,(H,66,67);10-17,21-24,30,40,42H,8-9,18-20,25-28H2,1-7H3,(H,54,63)(H,64,65);1H4/t35-,45+,47+;30-,40+,42+;/m11./s1. The molecule has 3 N–H and O–H groups in total. The largest absolute Gasteiger partial charge is 0.494 e. The van der Waals surface area contributed by atoms with Gasteiger partial charge in [-0.2, -0.15) is 8.61 Å². The smallest absolute Gasteiger partial charge is 0.304 e. The van der Waals surface area contributed by atoms with Crippen LogP contribution in [-0.2, 0) is 93.5 Å². The monoisotopic (exact) mass is 2110 g/mol. The number of ether oxygens (including phenoxy) is 7. The Bertz CT molecular complexity index is 7640. The van der Waals surface area contributed by atoms with Crippen molar-refractivity contribution in [1.82, 2.24) is 73.4 Å². The maximum atomic E-state index is 14.4. The summed E-state index contributed by atoms with van der Waals surface area (Å²) in [5.74, 6) is 1.19. The Kier molecular flexibility index (Phi) is 33.7. The van der Waals surface area contributed by atoms with Crippen LogP contribution in [0.25, 0.3) is 32.1 Å². The number of nitrogens with one attached hydrogen (secondary N) is 1. The Morgan fingerprint density at radius 3 is 1.39 bits per heavy atom. The maximum Gasteiger partial charge on any atom is 0.304 e. The van der Waals surface area contributed by atoms with Gasteiger partial charge in [-0.1, -0.05) is 120 Å².